The van der Waals surface area contributed by atoms with Crippen LogP contribution in [0.4, 0.5) is 5.82 Å². The highest BCUT2D eigenvalue weighted by Crippen LogP contribution is 2.36. The molecule has 0 saturated heterocycles. The summed E-state index contributed by atoms with van der Waals surface area (Å²) in [6.45, 7) is 4.76. The number of pyridine rings is 1. The Bertz CT molecular complexity index is 930. The molecule has 0 radical (unpaired) electrons. The molecule has 3 rings (SSSR count). The lowest BCUT2D eigenvalue weighted by Crippen LogP contribution is -2.22. The van der Waals surface area contributed by atoms with Gasteiger partial charge >= 0.3 is 5.97 Å². The fraction of sp³-hybridized carbons (Fsp3) is 0.333. The van der Waals surface area contributed by atoms with Crippen molar-refractivity contribution in [2.24, 2.45) is 0 Å². The molecule has 3 aromatic rings. The van der Waals surface area contributed by atoms with E-state index in [1.54, 1.807) is 19.3 Å². The van der Waals surface area contributed by atoms with Crippen LogP contribution in [0, 0.1) is 6.92 Å². The number of aryl methyl sites for hydroxylation is 1. The van der Waals surface area contributed by atoms with Gasteiger partial charge in [-0.25, -0.2) is 9.78 Å². The van der Waals surface area contributed by atoms with Crippen LogP contribution in [0.1, 0.15) is 27.7 Å². The third-order valence-corrected chi connectivity index (χ3v) is 5.39. The zero-order valence-corrected chi connectivity index (χ0v) is 16.4. The first-order chi connectivity index (χ1) is 12.5. The van der Waals surface area contributed by atoms with Gasteiger partial charge in [0, 0.05) is 26.0 Å². The van der Waals surface area contributed by atoms with Crippen LogP contribution < -0.4 is 4.90 Å². The maximum Gasteiger partial charge on any atom is 0.348 e. The molecule has 0 saturated carbocycles. The van der Waals surface area contributed by atoms with Crippen molar-refractivity contribution >= 4 is 44.9 Å². The number of anilines is 1. The SMILES string of the molecule is CCOC(=O)c1sc2nc(Cl)nc(N(C)CCc3ccncc3)c2c1C. The first kappa shape index (κ1) is 18.5. The Morgan fingerprint density at radius 1 is 1.31 bits per heavy atom. The smallest absolute Gasteiger partial charge is 0.348 e. The van der Waals surface area contributed by atoms with E-state index in [1.165, 1.54) is 16.9 Å². The van der Waals surface area contributed by atoms with Crippen molar-refractivity contribution in [3.63, 3.8) is 0 Å². The summed E-state index contributed by atoms with van der Waals surface area (Å²) in [5, 5.41) is 1.01. The number of ether oxygens (including phenoxy) is 1. The molecule has 136 valence electrons. The van der Waals surface area contributed by atoms with E-state index in [0.29, 0.717) is 16.3 Å². The number of carbonyl (C=O) groups is 1. The molecule has 0 N–H and O–H groups in total. The number of aromatic nitrogens is 3. The first-order valence-corrected chi connectivity index (χ1v) is 9.44. The molecule has 3 aromatic heterocycles. The zero-order chi connectivity index (χ0) is 18.7. The number of hydrogen-bond acceptors (Lipinski definition) is 7. The van der Waals surface area contributed by atoms with Crippen molar-refractivity contribution in [1.29, 1.82) is 0 Å². The number of carbonyl (C=O) groups excluding carboxylic acids is 1. The summed E-state index contributed by atoms with van der Waals surface area (Å²) < 4.78 is 5.15. The van der Waals surface area contributed by atoms with Gasteiger partial charge < -0.3 is 9.64 Å². The third-order valence-electron chi connectivity index (χ3n) is 4.05. The zero-order valence-electron chi connectivity index (χ0n) is 14.8. The standard InChI is InChI=1S/C18H19ClN4O2S/c1-4-25-17(24)14-11(2)13-15(21-18(19)22-16(13)26-14)23(3)10-7-12-5-8-20-9-6-12/h5-6,8-9H,4,7,10H2,1-3H3. The summed E-state index contributed by atoms with van der Waals surface area (Å²) in [6, 6.07) is 3.98. The molecule has 0 atom stereocenters. The van der Waals surface area contributed by atoms with Crippen molar-refractivity contribution in [3.8, 4) is 0 Å². The second-order valence-corrected chi connectivity index (χ2v) is 7.14. The lowest BCUT2D eigenvalue weighted by atomic mass is 10.1. The van der Waals surface area contributed by atoms with Gasteiger partial charge in [0.1, 0.15) is 15.5 Å². The molecule has 0 unspecified atom stereocenters. The molecule has 3 heterocycles. The van der Waals surface area contributed by atoms with Crippen LogP contribution in [0.25, 0.3) is 10.2 Å². The Labute approximate surface area is 160 Å². The van der Waals surface area contributed by atoms with E-state index in [4.69, 9.17) is 16.3 Å². The number of rotatable bonds is 6. The monoisotopic (exact) mass is 390 g/mol. The predicted octanol–water partition coefficient (Wildman–Crippen LogP) is 3.90. The van der Waals surface area contributed by atoms with E-state index in [0.717, 1.165) is 29.7 Å². The van der Waals surface area contributed by atoms with Gasteiger partial charge in [-0.2, -0.15) is 4.98 Å². The summed E-state index contributed by atoms with van der Waals surface area (Å²) in [7, 11) is 1.96. The number of esters is 1. The maximum absolute atomic E-state index is 12.2. The highest BCUT2D eigenvalue weighted by molar-refractivity contribution is 7.20. The van der Waals surface area contributed by atoms with Gasteiger partial charge in [0.2, 0.25) is 5.28 Å². The topological polar surface area (TPSA) is 68.2 Å². The Morgan fingerprint density at radius 3 is 2.73 bits per heavy atom. The van der Waals surface area contributed by atoms with Crippen LogP contribution in [-0.4, -0.2) is 41.1 Å². The highest BCUT2D eigenvalue weighted by Gasteiger charge is 2.22. The lowest BCUT2D eigenvalue weighted by Gasteiger charge is -2.19. The minimum Gasteiger partial charge on any atom is -0.462 e. The summed E-state index contributed by atoms with van der Waals surface area (Å²) in [5.41, 5.74) is 2.02. The Hall–Kier alpha value is -2.25. The molecule has 0 fully saturated rings. The van der Waals surface area contributed by atoms with Crippen LogP contribution in [0.5, 0.6) is 0 Å². The van der Waals surface area contributed by atoms with Crippen LogP contribution in [0.2, 0.25) is 5.28 Å². The number of hydrogen-bond donors (Lipinski definition) is 0. The normalized spacial score (nSPS) is 10.9. The number of fused-ring (bicyclic) bond motifs is 1. The van der Waals surface area contributed by atoms with E-state index < -0.39 is 0 Å². The van der Waals surface area contributed by atoms with Crippen LogP contribution >= 0.6 is 22.9 Å². The average Bonchev–Trinajstić information content (AvgIpc) is 2.96. The average molecular weight is 391 g/mol. The van der Waals surface area contributed by atoms with E-state index in [1.807, 2.05) is 31.0 Å². The van der Waals surface area contributed by atoms with E-state index in [9.17, 15) is 4.79 Å². The molecule has 0 aliphatic carbocycles. The Balaban J connectivity index is 1.95. The number of thiophene rings is 1. The molecule has 0 spiro atoms. The largest absolute Gasteiger partial charge is 0.462 e. The molecule has 6 nitrogen and oxygen atoms in total. The Morgan fingerprint density at radius 2 is 2.04 bits per heavy atom. The molecular weight excluding hydrogens is 372 g/mol. The second kappa shape index (κ2) is 7.97. The van der Waals surface area contributed by atoms with Gasteiger partial charge in [-0.15, -0.1) is 11.3 Å². The number of likely N-dealkylation sites (N-methyl/N-ethyl adjacent to an activating group) is 1. The summed E-state index contributed by atoms with van der Waals surface area (Å²) in [5.74, 6) is 0.382. The van der Waals surface area contributed by atoms with Gasteiger partial charge in [0.15, 0.2) is 0 Å². The molecule has 8 heteroatoms. The number of halogens is 1. The van der Waals surface area contributed by atoms with E-state index in [-0.39, 0.29) is 11.3 Å². The minimum atomic E-state index is -0.338. The number of nitrogens with zero attached hydrogens (tertiary/aromatic N) is 4. The van der Waals surface area contributed by atoms with Gasteiger partial charge in [0.25, 0.3) is 0 Å². The van der Waals surface area contributed by atoms with Crippen molar-refractivity contribution in [2.45, 2.75) is 20.3 Å². The summed E-state index contributed by atoms with van der Waals surface area (Å²) >= 11 is 7.41. The highest BCUT2D eigenvalue weighted by atomic mass is 35.5. The summed E-state index contributed by atoms with van der Waals surface area (Å²) in [4.78, 5) is 28.2. The minimum absolute atomic E-state index is 0.167. The molecule has 0 bridgehead atoms. The fourth-order valence-electron chi connectivity index (χ4n) is 2.71. The molecular formula is C18H19ClN4O2S. The first-order valence-electron chi connectivity index (χ1n) is 8.25. The van der Waals surface area contributed by atoms with Crippen molar-refractivity contribution < 1.29 is 9.53 Å². The van der Waals surface area contributed by atoms with E-state index >= 15 is 0 Å². The molecule has 0 aliphatic heterocycles. The maximum atomic E-state index is 12.2. The van der Waals surface area contributed by atoms with Crippen LogP contribution in [0.15, 0.2) is 24.5 Å². The lowest BCUT2D eigenvalue weighted by molar-refractivity contribution is 0.0531. The quantitative estimate of drug-likeness (QED) is 0.469. The van der Waals surface area contributed by atoms with Gasteiger partial charge in [-0.05, 0) is 55.1 Å². The molecule has 26 heavy (non-hydrogen) atoms. The third kappa shape index (κ3) is 3.78. The second-order valence-electron chi connectivity index (χ2n) is 5.80. The van der Waals surface area contributed by atoms with Crippen molar-refractivity contribution in [3.05, 3.63) is 45.8 Å². The molecule has 0 aliphatic rings. The van der Waals surface area contributed by atoms with Crippen molar-refractivity contribution in [2.75, 3.05) is 25.1 Å². The van der Waals surface area contributed by atoms with Crippen LogP contribution in [0.3, 0.4) is 0 Å². The Kier molecular flexibility index (Phi) is 5.68. The van der Waals surface area contributed by atoms with Gasteiger partial charge in [-0.3, -0.25) is 4.98 Å². The molecule has 0 amide bonds. The van der Waals surface area contributed by atoms with Crippen LogP contribution in [-0.2, 0) is 11.2 Å². The fourth-order valence-corrected chi connectivity index (χ4v) is 4.00. The van der Waals surface area contributed by atoms with Gasteiger partial charge in [0.05, 0.1) is 12.0 Å². The van der Waals surface area contributed by atoms with E-state index in [2.05, 4.69) is 15.0 Å². The summed E-state index contributed by atoms with van der Waals surface area (Å²) in [6.07, 6.45) is 4.41. The van der Waals surface area contributed by atoms with Gasteiger partial charge in [-0.1, -0.05) is 0 Å². The molecule has 0 aromatic carbocycles. The van der Waals surface area contributed by atoms with Crippen molar-refractivity contribution in [1.82, 2.24) is 15.0 Å². The predicted molar refractivity (Wildman–Crippen MR) is 104 cm³/mol.